The van der Waals surface area contributed by atoms with Gasteiger partial charge in [0.15, 0.2) is 6.10 Å². The molecule has 162 valence electrons. The van der Waals surface area contributed by atoms with Crippen LogP contribution in [0.3, 0.4) is 0 Å². The molecule has 0 bridgehead atoms. The summed E-state index contributed by atoms with van der Waals surface area (Å²) in [5.41, 5.74) is 4.32. The number of nitrogens with zero attached hydrogens (tertiary/aromatic N) is 4. The number of hydrogen-bond donors (Lipinski definition) is 0. The second-order valence-electron chi connectivity index (χ2n) is 8.53. The number of fused-ring (bicyclic) bond motifs is 3. The summed E-state index contributed by atoms with van der Waals surface area (Å²) in [5, 5.41) is 4.39. The van der Waals surface area contributed by atoms with Crippen LogP contribution < -0.4 is 4.74 Å². The molecule has 1 aromatic carbocycles. The van der Waals surface area contributed by atoms with Crippen molar-refractivity contribution >= 4 is 11.8 Å². The zero-order chi connectivity index (χ0) is 21.2. The number of benzene rings is 1. The lowest BCUT2D eigenvalue weighted by molar-refractivity contribution is 0.0101. The number of rotatable bonds is 5. The molecule has 6 nitrogen and oxygen atoms in total. The summed E-state index contributed by atoms with van der Waals surface area (Å²) in [6.45, 7) is 8.57. The summed E-state index contributed by atoms with van der Waals surface area (Å²) >= 11 is 0. The van der Waals surface area contributed by atoms with Crippen molar-refractivity contribution in [3.63, 3.8) is 0 Å². The van der Waals surface area contributed by atoms with E-state index in [0.717, 1.165) is 61.9 Å². The van der Waals surface area contributed by atoms with Crippen LogP contribution in [0, 0.1) is 11.7 Å². The molecule has 0 spiro atoms. The minimum Gasteiger partial charge on any atom is -0.490 e. The van der Waals surface area contributed by atoms with E-state index in [1.165, 1.54) is 17.7 Å². The highest BCUT2D eigenvalue weighted by Crippen LogP contribution is 2.33. The molecular weight excluding hydrogens is 395 g/mol. The molecule has 0 radical (unpaired) electrons. The minimum atomic E-state index is -0.198. The molecule has 0 amide bonds. The zero-order valence-electron chi connectivity index (χ0n) is 17.7. The highest BCUT2D eigenvalue weighted by atomic mass is 19.1. The fraction of sp³-hybridized carbons (Fsp3) is 0.417. The number of oxime groups is 1. The van der Waals surface area contributed by atoms with Crippen molar-refractivity contribution in [3.8, 4) is 5.75 Å². The molecule has 1 saturated heterocycles. The molecule has 1 fully saturated rings. The van der Waals surface area contributed by atoms with E-state index in [2.05, 4.69) is 32.9 Å². The van der Waals surface area contributed by atoms with Crippen molar-refractivity contribution in [2.75, 3.05) is 45.9 Å². The normalized spacial score (nSPS) is 24.1. The topological polar surface area (TPSA) is 50.2 Å². The van der Waals surface area contributed by atoms with E-state index >= 15 is 0 Å². The van der Waals surface area contributed by atoms with Crippen molar-refractivity contribution in [3.05, 3.63) is 65.2 Å². The van der Waals surface area contributed by atoms with Gasteiger partial charge >= 0.3 is 0 Å². The Kier molecular flexibility index (Phi) is 5.70. The number of ether oxygens (including phenoxy) is 1. The lowest BCUT2D eigenvalue weighted by Gasteiger charge is -2.36. The first-order chi connectivity index (χ1) is 15.2. The van der Waals surface area contributed by atoms with E-state index in [9.17, 15) is 4.39 Å². The van der Waals surface area contributed by atoms with Crippen LogP contribution in [0.1, 0.15) is 18.1 Å². The number of piperazine rings is 1. The second-order valence-corrected chi connectivity index (χ2v) is 8.53. The maximum absolute atomic E-state index is 13.1. The monoisotopic (exact) mass is 422 g/mol. The Morgan fingerprint density at radius 3 is 2.71 bits per heavy atom. The molecule has 0 saturated carbocycles. The Morgan fingerprint density at radius 1 is 1.13 bits per heavy atom. The van der Waals surface area contributed by atoms with Gasteiger partial charge in [0, 0.05) is 51.0 Å². The molecule has 5 rings (SSSR count). The summed E-state index contributed by atoms with van der Waals surface area (Å²) in [6.07, 6.45) is 5.68. The van der Waals surface area contributed by atoms with Crippen molar-refractivity contribution < 1.29 is 14.0 Å². The van der Waals surface area contributed by atoms with Crippen molar-refractivity contribution in [2.45, 2.75) is 13.0 Å². The number of pyridine rings is 1. The quantitative estimate of drug-likeness (QED) is 0.741. The average molecular weight is 423 g/mol. The fourth-order valence-corrected chi connectivity index (χ4v) is 4.55. The molecule has 2 aromatic rings. The Bertz CT molecular complexity index is 983. The van der Waals surface area contributed by atoms with Crippen LogP contribution in [0.25, 0.3) is 6.08 Å². The summed E-state index contributed by atoms with van der Waals surface area (Å²) in [4.78, 5) is 14.9. The van der Waals surface area contributed by atoms with E-state index in [1.807, 2.05) is 18.2 Å². The number of hydrogen-bond acceptors (Lipinski definition) is 6. The molecule has 3 aliphatic heterocycles. The van der Waals surface area contributed by atoms with Gasteiger partial charge in [-0.3, -0.25) is 14.8 Å². The Hall–Kier alpha value is -2.77. The van der Waals surface area contributed by atoms with Crippen LogP contribution in [0.5, 0.6) is 5.75 Å². The van der Waals surface area contributed by atoms with Crippen LogP contribution in [0.4, 0.5) is 4.39 Å². The van der Waals surface area contributed by atoms with Gasteiger partial charge in [-0.2, -0.15) is 0 Å². The minimum absolute atomic E-state index is 0.0305. The first-order valence-corrected chi connectivity index (χ1v) is 10.8. The van der Waals surface area contributed by atoms with E-state index in [4.69, 9.17) is 9.57 Å². The van der Waals surface area contributed by atoms with Crippen molar-refractivity contribution in [1.29, 1.82) is 0 Å². The fourth-order valence-electron chi connectivity index (χ4n) is 4.55. The van der Waals surface area contributed by atoms with Gasteiger partial charge in [0.05, 0.1) is 12.1 Å². The van der Waals surface area contributed by atoms with Crippen LogP contribution >= 0.6 is 0 Å². The average Bonchev–Trinajstić information content (AvgIpc) is 3.20. The molecule has 2 unspecified atom stereocenters. The molecule has 0 aliphatic carbocycles. The maximum Gasteiger partial charge on any atom is 0.151 e. The summed E-state index contributed by atoms with van der Waals surface area (Å²) < 4.78 is 19.0. The summed E-state index contributed by atoms with van der Waals surface area (Å²) in [6, 6.07) is 8.60. The van der Waals surface area contributed by atoms with E-state index in [1.54, 1.807) is 12.4 Å². The van der Waals surface area contributed by atoms with Gasteiger partial charge in [-0.25, -0.2) is 4.39 Å². The van der Waals surface area contributed by atoms with Gasteiger partial charge in [0.1, 0.15) is 23.9 Å². The first-order valence-electron chi connectivity index (χ1n) is 10.8. The third-order valence-corrected chi connectivity index (χ3v) is 6.22. The van der Waals surface area contributed by atoms with Gasteiger partial charge in [-0.1, -0.05) is 28.9 Å². The molecular formula is C24H27FN4O2. The van der Waals surface area contributed by atoms with E-state index in [-0.39, 0.29) is 17.8 Å². The molecule has 1 aromatic heterocycles. The van der Waals surface area contributed by atoms with Crippen LogP contribution in [-0.4, -0.2) is 72.5 Å². The zero-order valence-corrected chi connectivity index (χ0v) is 17.7. The molecule has 0 N–H and O–H groups in total. The molecule has 7 heteroatoms. The van der Waals surface area contributed by atoms with Gasteiger partial charge in [-0.15, -0.1) is 0 Å². The van der Waals surface area contributed by atoms with E-state index in [0.29, 0.717) is 6.61 Å². The van der Waals surface area contributed by atoms with Crippen molar-refractivity contribution in [2.24, 2.45) is 11.1 Å². The highest BCUT2D eigenvalue weighted by Gasteiger charge is 2.40. The smallest absolute Gasteiger partial charge is 0.151 e. The van der Waals surface area contributed by atoms with Gasteiger partial charge < -0.3 is 9.57 Å². The SMILES string of the molecule is C/C(=C\c1ccc(F)cc1)CN1CCN(CC2ON=C3c4ccncc4OCC32)CC1. The predicted octanol–water partition coefficient (Wildman–Crippen LogP) is 3.05. The Morgan fingerprint density at radius 2 is 1.90 bits per heavy atom. The first kappa shape index (κ1) is 20.2. The largest absolute Gasteiger partial charge is 0.490 e. The molecule has 2 atom stereocenters. The molecule has 4 heterocycles. The maximum atomic E-state index is 13.1. The highest BCUT2D eigenvalue weighted by molar-refractivity contribution is 6.05. The van der Waals surface area contributed by atoms with Crippen molar-refractivity contribution in [1.82, 2.24) is 14.8 Å². The number of aromatic nitrogens is 1. The van der Waals surface area contributed by atoms with Crippen LogP contribution in [0.2, 0.25) is 0 Å². The molecule has 31 heavy (non-hydrogen) atoms. The second kappa shape index (κ2) is 8.77. The van der Waals surface area contributed by atoms with Gasteiger partial charge in [0.2, 0.25) is 0 Å². The van der Waals surface area contributed by atoms with Crippen LogP contribution in [0.15, 0.2) is 53.5 Å². The molecule has 3 aliphatic rings. The predicted molar refractivity (Wildman–Crippen MR) is 118 cm³/mol. The lowest BCUT2D eigenvalue weighted by Crippen LogP contribution is -2.50. The lowest BCUT2D eigenvalue weighted by atomic mass is 9.91. The third-order valence-electron chi connectivity index (χ3n) is 6.22. The summed E-state index contributed by atoms with van der Waals surface area (Å²) in [5.74, 6) is 0.768. The number of halogens is 1. The van der Waals surface area contributed by atoms with Crippen LogP contribution in [-0.2, 0) is 4.84 Å². The van der Waals surface area contributed by atoms with Gasteiger partial charge in [-0.05, 0) is 30.7 Å². The standard InChI is InChI=1S/C24H27FN4O2/c1-17(12-18-2-4-19(25)5-3-18)14-28-8-10-29(11-9-28)15-23-21-16-30-22-13-26-7-6-20(22)24(21)27-31-23/h2-7,12-13,21,23H,8-11,14-16H2,1H3/b17-12+. The Balaban J connectivity index is 1.12. The Labute approximate surface area is 182 Å². The summed E-state index contributed by atoms with van der Waals surface area (Å²) in [7, 11) is 0. The van der Waals surface area contributed by atoms with E-state index < -0.39 is 0 Å². The van der Waals surface area contributed by atoms with Gasteiger partial charge in [0.25, 0.3) is 0 Å². The third kappa shape index (κ3) is 4.48.